The molecule has 124 valence electrons. The zero-order valence-electron chi connectivity index (χ0n) is 12.9. The molecule has 1 aliphatic heterocycles. The summed E-state index contributed by atoms with van der Waals surface area (Å²) in [5.41, 5.74) is 0.358. The van der Waals surface area contributed by atoms with Gasteiger partial charge in [0.1, 0.15) is 0 Å². The lowest BCUT2D eigenvalue weighted by Gasteiger charge is -2.36. The summed E-state index contributed by atoms with van der Waals surface area (Å²) in [6.45, 7) is 2.75. The Morgan fingerprint density at radius 1 is 1.27 bits per heavy atom. The van der Waals surface area contributed by atoms with Crippen LogP contribution >= 0.6 is 24.0 Å². The Bertz CT molecular complexity index is 477. The summed E-state index contributed by atoms with van der Waals surface area (Å²) in [6.07, 6.45) is 2.26. The average molecular weight is 347 g/mol. The van der Waals surface area contributed by atoms with Crippen molar-refractivity contribution in [1.82, 2.24) is 10.6 Å². The number of nitrogens with one attached hydrogen (secondary N) is 2. The Hall–Kier alpha value is -0.810. The van der Waals surface area contributed by atoms with Crippen molar-refractivity contribution >= 4 is 29.9 Å². The van der Waals surface area contributed by atoms with Gasteiger partial charge < -0.3 is 15.4 Å². The van der Waals surface area contributed by atoms with Crippen molar-refractivity contribution in [3.63, 3.8) is 0 Å². The lowest BCUT2D eigenvalue weighted by molar-refractivity contribution is -0.130. The molecule has 2 N–H and O–H groups in total. The lowest BCUT2D eigenvalue weighted by Crippen LogP contribution is -2.48. The molecule has 0 unspecified atom stereocenters. The molecule has 0 bridgehead atoms. The van der Waals surface area contributed by atoms with E-state index in [2.05, 4.69) is 10.6 Å². The molecule has 0 spiro atoms. The van der Waals surface area contributed by atoms with Crippen LogP contribution in [-0.4, -0.2) is 39.3 Å². The Morgan fingerprint density at radius 3 is 2.59 bits per heavy atom. The third-order valence-electron chi connectivity index (χ3n) is 4.06. The van der Waals surface area contributed by atoms with Gasteiger partial charge in [-0.1, -0.05) is 29.8 Å². The lowest BCUT2D eigenvalue weighted by atomic mass is 9.73. The van der Waals surface area contributed by atoms with E-state index in [0.29, 0.717) is 37.6 Å². The molecule has 1 aliphatic rings. The number of carbonyl (C=O) groups is 1. The third kappa shape index (κ3) is 4.35. The minimum absolute atomic E-state index is 0. The summed E-state index contributed by atoms with van der Waals surface area (Å²) in [5.74, 6) is 0.0648. The third-order valence-corrected chi connectivity index (χ3v) is 4.39. The van der Waals surface area contributed by atoms with Crippen LogP contribution in [0.15, 0.2) is 24.3 Å². The van der Waals surface area contributed by atoms with Gasteiger partial charge in [-0.05, 0) is 44.5 Å². The standard InChI is InChI=1S/C16H23ClN2O2.ClH/c1-18-9-4-10-19-15(20)16(7-11-21-12-8-16)13-5-2-3-6-14(13)17;/h2-3,5-6,18H,4,7-12H2,1H3,(H,19,20);1H. The van der Waals surface area contributed by atoms with Crippen LogP contribution in [-0.2, 0) is 14.9 Å². The van der Waals surface area contributed by atoms with Gasteiger partial charge in [0, 0.05) is 24.8 Å². The van der Waals surface area contributed by atoms with Crippen LogP contribution in [0.25, 0.3) is 0 Å². The van der Waals surface area contributed by atoms with Crippen molar-refractivity contribution in [3.8, 4) is 0 Å². The summed E-state index contributed by atoms with van der Waals surface area (Å²) < 4.78 is 5.45. The zero-order valence-corrected chi connectivity index (χ0v) is 14.4. The second kappa shape index (κ2) is 9.36. The van der Waals surface area contributed by atoms with Gasteiger partial charge in [-0.25, -0.2) is 0 Å². The molecule has 0 saturated carbocycles. The van der Waals surface area contributed by atoms with Gasteiger partial charge in [-0.15, -0.1) is 12.4 Å². The first kappa shape index (κ1) is 19.2. The minimum Gasteiger partial charge on any atom is -0.381 e. The fourth-order valence-corrected chi connectivity index (χ4v) is 3.14. The molecule has 6 heteroatoms. The highest BCUT2D eigenvalue weighted by atomic mass is 35.5. The average Bonchev–Trinajstić information content (AvgIpc) is 2.52. The number of amides is 1. The maximum Gasteiger partial charge on any atom is 0.230 e. The second-order valence-corrected chi connectivity index (χ2v) is 5.79. The first-order valence-corrected chi connectivity index (χ1v) is 7.84. The largest absolute Gasteiger partial charge is 0.381 e. The molecule has 2 rings (SSSR count). The van der Waals surface area contributed by atoms with E-state index in [1.54, 1.807) is 0 Å². The number of halogens is 2. The van der Waals surface area contributed by atoms with Crippen LogP contribution < -0.4 is 10.6 Å². The maximum atomic E-state index is 12.8. The van der Waals surface area contributed by atoms with Crippen LogP contribution in [0.5, 0.6) is 0 Å². The van der Waals surface area contributed by atoms with Crippen LogP contribution in [0.2, 0.25) is 5.02 Å². The molecule has 1 fully saturated rings. The molecule has 1 heterocycles. The van der Waals surface area contributed by atoms with E-state index in [0.717, 1.165) is 18.5 Å². The van der Waals surface area contributed by atoms with Crippen LogP contribution in [0.4, 0.5) is 0 Å². The monoisotopic (exact) mass is 346 g/mol. The molecule has 0 aromatic heterocycles. The molecule has 1 aromatic carbocycles. The highest BCUT2D eigenvalue weighted by Crippen LogP contribution is 2.38. The van der Waals surface area contributed by atoms with Crippen molar-refractivity contribution < 1.29 is 9.53 Å². The molecule has 1 amide bonds. The van der Waals surface area contributed by atoms with Gasteiger partial charge >= 0.3 is 0 Å². The Labute approximate surface area is 143 Å². The number of carbonyl (C=O) groups excluding carboxylic acids is 1. The van der Waals surface area contributed by atoms with Gasteiger partial charge in [0.05, 0.1) is 5.41 Å². The highest BCUT2D eigenvalue weighted by Gasteiger charge is 2.42. The number of hydrogen-bond acceptors (Lipinski definition) is 3. The van der Waals surface area contributed by atoms with Gasteiger partial charge in [0.15, 0.2) is 0 Å². The quantitative estimate of drug-likeness (QED) is 0.778. The number of benzene rings is 1. The normalized spacial score (nSPS) is 16.6. The van der Waals surface area contributed by atoms with Crippen LogP contribution in [0.3, 0.4) is 0 Å². The molecular weight excluding hydrogens is 323 g/mol. The van der Waals surface area contributed by atoms with Crippen molar-refractivity contribution in [3.05, 3.63) is 34.9 Å². The first-order valence-electron chi connectivity index (χ1n) is 7.46. The summed E-state index contributed by atoms with van der Waals surface area (Å²) >= 11 is 6.34. The molecular formula is C16H24Cl2N2O2. The highest BCUT2D eigenvalue weighted by molar-refractivity contribution is 6.31. The van der Waals surface area contributed by atoms with Crippen molar-refractivity contribution in [2.75, 3.05) is 33.4 Å². The summed E-state index contributed by atoms with van der Waals surface area (Å²) in [7, 11) is 1.91. The summed E-state index contributed by atoms with van der Waals surface area (Å²) in [5, 5.41) is 6.80. The summed E-state index contributed by atoms with van der Waals surface area (Å²) in [6, 6.07) is 7.64. The van der Waals surface area contributed by atoms with Gasteiger partial charge in [-0.3, -0.25) is 4.79 Å². The zero-order chi connectivity index (χ0) is 15.1. The van der Waals surface area contributed by atoms with Crippen LogP contribution in [0.1, 0.15) is 24.8 Å². The fraction of sp³-hybridized carbons (Fsp3) is 0.562. The van der Waals surface area contributed by atoms with Crippen molar-refractivity contribution in [1.29, 1.82) is 0 Å². The molecule has 0 aliphatic carbocycles. The van der Waals surface area contributed by atoms with Gasteiger partial charge in [0.2, 0.25) is 5.91 Å². The maximum absolute atomic E-state index is 12.8. The molecule has 1 aromatic rings. The number of ether oxygens (including phenoxy) is 1. The van der Waals surface area contributed by atoms with E-state index < -0.39 is 5.41 Å². The topological polar surface area (TPSA) is 50.4 Å². The van der Waals surface area contributed by atoms with E-state index in [1.165, 1.54) is 0 Å². The van der Waals surface area contributed by atoms with E-state index >= 15 is 0 Å². The van der Waals surface area contributed by atoms with E-state index in [-0.39, 0.29) is 18.3 Å². The fourth-order valence-electron chi connectivity index (χ4n) is 2.82. The minimum atomic E-state index is -0.559. The Morgan fingerprint density at radius 2 is 1.95 bits per heavy atom. The Balaban J connectivity index is 0.00000242. The summed E-state index contributed by atoms with van der Waals surface area (Å²) in [4.78, 5) is 12.8. The predicted molar refractivity (Wildman–Crippen MR) is 92.0 cm³/mol. The van der Waals surface area contributed by atoms with Crippen molar-refractivity contribution in [2.24, 2.45) is 0 Å². The molecule has 0 atom stereocenters. The number of hydrogen-bond donors (Lipinski definition) is 2. The predicted octanol–water partition coefficient (Wildman–Crippen LogP) is 2.54. The first-order chi connectivity index (χ1) is 10.2. The molecule has 22 heavy (non-hydrogen) atoms. The van der Waals surface area contributed by atoms with Crippen molar-refractivity contribution in [2.45, 2.75) is 24.7 Å². The van der Waals surface area contributed by atoms with Gasteiger partial charge in [0.25, 0.3) is 0 Å². The molecule has 0 radical (unpaired) electrons. The van der Waals surface area contributed by atoms with Crippen LogP contribution in [0, 0.1) is 0 Å². The SMILES string of the molecule is CNCCCNC(=O)C1(c2ccccc2Cl)CCOCC1.Cl. The number of rotatable bonds is 6. The smallest absolute Gasteiger partial charge is 0.230 e. The van der Waals surface area contributed by atoms with E-state index in [9.17, 15) is 4.79 Å². The van der Waals surface area contributed by atoms with Gasteiger partial charge in [-0.2, -0.15) is 0 Å². The van der Waals surface area contributed by atoms with E-state index in [1.807, 2.05) is 31.3 Å². The Kier molecular flexibility index (Phi) is 8.18. The molecule has 1 saturated heterocycles. The van der Waals surface area contributed by atoms with E-state index in [4.69, 9.17) is 16.3 Å². The second-order valence-electron chi connectivity index (χ2n) is 5.39. The molecule has 4 nitrogen and oxygen atoms in total.